The maximum Gasteiger partial charge on any atom is 0.0542 e. The number of nitrogens with one attached hydrogen (secondary N) is 1. The Morgan fingerprint density at radius 3 is 2.00 bits per heavy atom. The lowest BCUT2D eigenvalue weighted by atomic mass is 9.85. The van der Waals surface area contributed by atoms with E-state index in [1.165, 1.54) is 6.42 Å². The molecule has 0 aliphatic carbocycles. The Kier molecular flexibility index (Phi) is 6.35. The topological polar surface area (TPSA) is 21.3 Å². The van der Waals surface area contributed by atoms with E-state index in [1.54, 1.807) is 0 Å². The van der Waals surface area contributed by atoms with Crippen molar-refractivity contribution in [2.24, 2.45) is 11.3 Å². The highest BCUT2D eigenvalue weighted by atomic mass is 16.5. The third-order valence-corrected chi connectivity index (χ3v) is 1.88. The van der Waals surface area contributed by atoms with E-state index in [4.69, 9.17) is 4.74 Å². The largest absolute Gasteiger partial charge is 0.380 e. The molecule has 1 N–H and O–H groups in total. The number of hydrogen-bond donors (Lipinski definition) is 1. The second-order valence-corrected chi connectivity index (χ2v) is 4.89. The predicted molar refractivity (Wildman–Crippen MR) is 58.0 cm³/mol. The monoisotopic (exact) mass is 187 g/mol. The zero-order chi connectivity index (χ0) is 10.3. The third kappa shape index (κ3) is 7.03. The smallest absolute Gasteiger partial charge is 0.0542 e. The number of ether oxygens (including phenoxy) is 1. The molecule has 0 atom stereocenters. The molecule has 80 valence electrons. The zero-order valence-corrected chi connectivity index (χ0v) is 9.81. The van der Waals surface area contributed by atoms with Crippen LogP contribution < -0.4 is 5.32 Å². The second kappa shape index (κ2) is 6.39. The van der Waals surface area contributed by atoms with Crippen LogP contribution >= 0.6 is 0 Å². The van der Waals surface area contributed by atoms with Crippen LogP contribution in [-0.2, 0) is 4.74 Å². The lowest BCUT2D eigenvalue weighted by Crippen LogP contribution is -2.41. The first-order chi connectivity index (χ1) is 6.00. The van der Waals surface area contributed by atoms with Crippen LogP contribution in [0.15, 0.2) is 0 Å². The molecule has 1 aliphatic heterocycles. The van der Waals surface area contributed by atoms with Crippen molar-refractivity contribution < 1.29 is 4.74 Å². The average Bonchev–Trinajstić information content (AvgIpc) is 1.96. The van der Waals surface area contributed by atoms with Gasteiger partial charge in [0.15, 0.2) is 0 Å². The van der Waals surface area contributed by atoms with Gasteiger partial charge in [-0.05, 0) is 25.9 Å². The molecule has 1 saturated heterocycles. The van der Waals surface area contributed by atoms with Gasteiger partial charge in [0.05, 0.1) is 13.2 Å². The maximum atomic E-state index is 5.11. The fourth-order valence-electron chi connectivity index (χ4n) is 1.02. The van der Waals surface area contributed by atoms with Gasteiger partial charge in [-0.15, -0.1) is 0 Å². The van der Waals surface area contributed by atoms with E-state index >= 15 is 0 Å². The normalized spacial score (nSPS) is 18.9. The zero-order valence-electron chi connectivity index (χ0n) is 9.81. The molecule has 2 nitrogen and oxygen atoms in total. The van der Waals surface area contributed by atoms with Crippen molar-refractivity contribution in [1.29, 1.82) is 0 Å². The fourth-order valence-corrected chi connectivity index (χ4v) is 1.02. The van der Waals surface area contributed by atoms with Gasteiger partial charge in [0.25, 0.3) is 0 Å². The molecule has 0 radical (unpaired) electrons. The molecule has 0 unspecified atom stereocenters. The van der Waals surface area contributed by atoms with Crippen LogP contribution in [0, 0.1) is 11.3 Å². The van der Waals surface area contributed by atoms with Crippen LogP contribution in [0.3, 0.4) is 0 Å². The van der Waals surface area contributed by atoms with Crippen LogP contribution in [0.1, 0.15) is 34.1 Å². The molecule has 0 saturated carbocycles. The maximum absolute atomic E-state index is 5.11. The minimum absolute atomic E-state index is 0.489. The molecule has 1 aliphatic rings. The van der Waals surface area contributed by atoms with E-state index in [1.807, 2.05) is 7.05 Å². The standard InChI is InChI=1S/C7H15NO.C4H10/c1-7(3-4-8-2)5-9-6-7;1-4(2)3/h8H,3-6H2,1-2H3;4H,1-3H3. The van der Waals surface area contributed by atoms with Crippen LogP contribution in [0.2, 0.25) is 0 Å². The van der Waals surface area contributed by atoms with E-state index in [-0.39, 0.29) is 0 Å². The van der Waals surface area contributed by atoms with Crippen molar-refractivity contribution in [3.8, 4) is 0 Å². The van der Waals surface area contributed by atoms with E-state index in [2.05, 4.69) is 33.0 Å². The molecule has 1 heterocycles. The molecular weight excluding hydrogens is 162 g/mol. The first-order valence-electron chi connectivity index (χ1n) is 5.22. The Labute approximate surface area is 83.1 Å². The van der Waals surface area contributed by atoms with Gasteiger partial charge in [0.1, 0.15) is 0 Å². The first kappa shape index (κ1) is 12.9. The van der Waals surface area contributed by atoms with Gasteiger partial charge in [0.2, 0.25) is 0 Å². The summed E-state index contributed by atoms with van der Waals surface area (Å²) >= 11 is 0. The molecule has 13 heavy (non-hydrogen) atoms. The summed E-state index contributed by atoms with van der Waals surface area (Å²) in [5.41, 5.74) is 0.489. The molecule has 0 amide bonds. The number of rotatable bonds is 3. The fraction of sp³-hybridized carbons (Fsp3) is 1.00. The summed E-state index contributed by atoms with van der Waals surface area (Å²) in [7, 11) is 1.99. The van der Waals surface area contributed by atoms with Gasteiger partial charge in [-0.3, -0.25) is 0 Å². The van der Waals surface area contributed by atoms with Crippen molar-refractivity contribution >= 4 is 0 Å². The Morgan fingerprint density at radius 1 is 1.31 bits per heavy atom. The van der Waals surface area contributed by atoms with Crippen LogP contribution in [-0.4, -0.2) is 26.8 Å². The average molecular weight is 187 g/mol. The Morgan fingerprint density at radius 2 is 1.77 bits per heavy atom. The summed E-state index contributed by atoms with van der Waals surface area (Å²) in [5.74, 6) is 0.833. The Hall–Kier alpha value is -0.0800. The van der Waals surface area contributed by atoms with E-state index in [0.29, 0.717) is 5.41 Å². The molecule has 0 aromatic rings. The molecule has 0 aromatic heterocycles. The second-order valence-electron chi connectivity index (χ2n) is 4.89. The highest BCUT2D eigenvalue weighted by Gasteiger charge is 2.32. The van der Waals surface area contributed by atoms with Gasteiger partial charge < -0.3 is 10.1 Å². The highest BCUT2D eigenvalue weighted by molar-refractivity contribution is 4.80. The van der Waals surface area contributed by atoms with Crippen molar-refractivity contribution in [2.75, 3.05) is 26.8 Å². The minimum atomic E-state index is 0.489. The first-order valence-corrected chi connectivity index (χ1v) is 5.22. The van der Waals surface area contributed by atoms with Crippen molar-refractivity contribution in [3.05, 3.63) is 0 Å². The third-order valence-electron chi connectivity index (χ3n) is 1.88. The van der Waals surface area contributed by atoms with Gasteiger partial charge in [-0.2, -0.15) is 0 Å². The highest BCUT2D eigenvalue weighted by Crippen LogP contribution is 2.29. The SMILES string of the molecule is CC(C)C.CNCCC1(C)COC1. The van der Waals surface area contributed by atoms with Crippen LogP contribution in [0.5, 0.6) is 0 Å². The van der Waals surface area contributed by atoms with Gasteiger partial charge >= 0.3 is 0 Å². The quantitative estimate of drug-likeness (QED) is 0.732. The van der Waals surface area contributed by atoms with Gasteiger partial charge in [0, 0.05) is 5.41 Å². The van der Waals surface area contributed by atoms with Crippen molar-refractivity contribution in [2.45, 2.75) is 34.1 Å². The van der Waals surface area contributed by atoms with Gasteiger partial charge in [-0.25, -0.2) is 0 Å². The Balaban J connectivity index is 0.000000310. The predicted octanol–water partition coefficient (Wildman–Crippen LogP) is 2.29. The molecule has 1 fully saturated rings. The van der Waals surface area contributed by atoms with E-state index < -0.39 is 0 Å². The lowest BCUT2D eigenvalue weighted by molar-refractivity contribution is -0.104. The molecule has 0 spiro atoms. The molecule has 0 bridgehead atoms. The molecule has 2 heteroatoms. The van der Waals surface area contributed by atoms with Crippen LogP contribution in [0.4, 0.5) is 0 Å². The Bertz CT molecular complexity index is 117. The summed E-state index contributed by atoms with van der Waals surface area (Å²) in [6, 6.07) is 0. The molecule has 1 rings (SSSR count). The summed E-state index contributed by atoms with van der Waals surface area (Å²) in [6.07, 6.45) is 1.24. The van der Waals surface area contributed by atoms with Crippen LogP contribution in [0.25, 0.3) is 0 Å². The molecular formula is C11H25NO. The van der Waals surface area contributed by atoms with E-state index in [9.17, 15) is 0 Å². The molecule has 0 aromatic carbocycles. The minimum Gasteiger partial charge on any atom is -0.380 e. The van der Waals surface area contributed by atoms with Crippen molar-refractivity contribution in [1.82, 2.24) is 5.32 Å². The number of hydrogen-bond acceptors (Lipinski definition) is 2. The van der Waals surface area contributed by atoms with Gasteiger partial charge in [-0.1, -0.05) is 27.7 Å². The van der Waals surface area contributed by atoms with Crippen molar-refractivity contribution in [3.63, 3.8) is 0 Å². The summed E-state index contributed by atoms with van der Waals surface area (Å²) in [4.78, 5) is 0. The van der Waals surface area contributed by atoms with E-state index in [0.717, 1.165) is 25.7 Å². The summed E-state index contributed by atoms with van der Waals surface area (Å²) in [5, 5.41) is 3.14. The summed E-state index contributed by atoms with van der Waals surface area (Å²) in [6.45, 7) is 11.8. The summed E-state index contributed by atoms with van der Waals surface area (Å²) < 4.78 is 5.11. The lowest BCUT2D eigenvalue weighted by Gasteiger charge is -2.38.